The standard InChI is InChI=1S/C18H19N3O7/c22-14(19-7-2-1-5-13(19)18-27-8-9-28-18)10-20-16(23)11-4-3-6-12(21(25)26)15(11)17(20)24/h3-4,6,13,18H,1-2,5,7-10H2. The lowest BCUT2D eigenvalue weighted by Crippen LogP contribution is -2.53. The van der Waals surface area contributed by atoms with Crippen LogP contribution in [0.1, 0.15) is 40.0 Å². The van der Waals surface area contributed by atoms with Gasteiger partial charge in [0.25, 0.3) is 17.5 Å². The van der Waals surface area contributed by atoms with Crippen LogP contribution in [-0.4, -0.2) is 71.1 Å². The molecule has 148 valence electrons. The molecule has 3 heterocycles. The second-order valence-corrected chi connectivity index (χ2v) is 6.91. The lowest BCUT2D eigenvalue weighted by atomic mass is 10.0. The zero-order valence-electron chi connectivity index (χ0n) is 15.0. The summed E-state index contributed by atoms with van der Waals surface area (Å²) in [5.41, 5.74) is -0.748. The van der Waals surface area contributed by atoms with Crippen LogP contribution in [0.15, 0.2) is 18.2 Å². The van der Waals surface area contributed by atoms with E-state index in [4.69, 9.17) is 9.47 Å². The number of piperidine rings is 1. The van der Waals surface area contributed by atoms with Crippen LogP contribution in [0.4, 0.5) is 5.69 Å². The van der Waals surface area contributed by atoms with Gasteiger partial charge < -0.3 is 14.4 Å². The number of nitrogens with zero attached hydrogens (tertiary/aromatic N) is 3. The Kier molecular flexibility index (Phi) is 4.82. The number of rotatable bonds is 4. The van der Waals surface area contributed by atoms with Gasteiger partial charge >= 0.3 is 0 Å². The number of likely N-dealkylation sites (tertiary alicyclic amines) is 1. The zero-order valence-corrected chi connectivity index (χ0v) is 15.0. The number of amides is 3. The first kappa shape index (κ1) is 18.5. The van der Waals surface area contributed by atoms with Crippen LogP contribution >= 0.6 is 0 Å². The van der Waals surface area contributed by atoms with Crippen LogP contribution in [-0.2, 0) is 14.3 Å². The molecule has 10 heteroatoms. The number of carbonyl (C=O) groups excluding carboxylic acids is 3. The molecule has 3 aliphatic heterocycles. The van der Waals surface area contributed by atoms with Crippen molar-refractivity contribution in [3.8, 4) is 0 Å². The lowest BCUT2D eigenvalue weighted by Gasteiger charge is -2.38. The number of nitro groups is 1. The first-order valence-corrected chi connectivity index (χ1v) is 9.15. The van der Waals surface area contributed by atoms with Gasteiger partial charge in [-0.1, -0.05) is 6.07 Å². The van der Waals surface area contributed by atoms with Crippen molar-refractivity contribution >= 4 is 23.4 Å². The highest BCUT2D eigenvalue weighted by atomic mass is 16.7. The molecule has 0 aromatic heterocycles. The van der Waals surface area contributed by atoms with Gasteiger partial charge in [0.1, 0.15) is 12.1 Å². The molecule has 1 aromatic carbocycles. The van der Waals surface area contributed by atoms with Crippen LogP contribution in [0.5, 0.6) is 0 Å². The average Bonchev–Trinajstić information content (AvgIpc) is 3.31. The van der Waals surface area contributed by atoms with Crippen LogP contribution in [0, 0.1) is 10.1 Å². The Hall–Kier alpha value is -2.85. The third-order valence-electron chi connectivity index (χ3n) is 5.30. The summed E-state index contributed by atoms with van der Waals surface area (Å²) in [6.07, 6.45) is 1.94. The van der Waals surface area contributed by atoms with E-state index in [0.717, 1.165) is 17.7 Å². The molecule has 0 N–H and O–H groups in total. The van der Waals surface area contributed by atoms with Crippen LogP contribution in [0.25, 0.3) is 0 Å². The molecule has 1 aromatic rings. The van der Waals surface area contributed by atoms with Gasteiger partial charge in [0, 0.05) is 12.6 Å². The number of nitro benzene ring substituents is 1. The van der Waals surface area contributed by atoms with E-state index in [1.165, 1.54) is 18.2 Å². The van der Waals surface area contributed by atoms with Gasteiger partial charge in [-0.2, -0.15) is 0 Å². The molecule has 2 fully saturated rings. The second-order valence-electron chi connectivity index (χ2n) is 6.91. The van der Waals surface area contributed by atoms with Gasteiger partial charge in [-0.15, -0.1) is 0 Å². The molecule has 1 unspecified atom stereocenters. The van der Waals surface area contributed by atoms with Gasteiger partial charge in [-0.25, -0.2) is 0 Å². The normalized spacial score (nSPS) is 22.6. The van der Waals surface area contributed by atoms with E-state index in [0.29, 0.717) is 26.2 Å². The Morgan fingerprint density at radius 2 is 1.93 bits per heavy atom. The van der Waals surface area contributed by atoms with Crippen molar-refractivity contribution in [3.05, 3.63) is 39.4 Å². The van der Waals surface area contributed by atoms with Crippen molar-refractivity contribution in [1.82, 2.24) is 9.80 Å². The summed E-state index contributed by atoms with van der Waals surface area (Å²) in [7, 11) is 0. The summed E-state index contributed by atoms with van der Waals surface area (Å²) in [5.74, 6) is -1.91. The molecule has 0 bridgehead atoms. The summed E-state index contributed by atoms with van der Waals surface area (Å²) >= 11 is 0. The number of ether oxygens (including phenoxy) is 2. The summed E-state index contributed by atoms with van der Waals surface area (Å²) in [6.45, 7) is 0.944. The monoisotopic (exact) mass is 389 g/mol. The van der Waals surface area contributed by atoms with E-state index < -0.39 is 41.2 Å². The van der Waals surface area contributed by atoms with Crippen LogP contribution in [0.2, 0.25) is 0 Å². The van der Waals surface area contributed by atoms with Crippen molar-refractivity contribution in [1.29, 1.82) is 0 Å². The number of imide groups is 1. The molecule has 0 aliphatic carbocycles. The molecule has 28 heavy (non-hydrogen) atoms. The summed E-state index contributed by atoms with van der Waals surface area (Å²) in [6, 6.07) is 3.61. The average molecular weight is 389 g/mol. The largest absolute Gasteiger partial charge is 0.348 e. The molecular weight excluding hydrogens is 370 g/mol. The zero-order chi connectivity index (χ0) is 19.8. The Labute approximate surface area is 160 Å². The molecule has 3 amide bonds. The number of hydrogen-bond acceptors (Lipinski definition) is 7. The minimum Gasteiger partial charge on any atom is -0.348 e. The van der Waals surface area contributed by atoms with Gasteiger partial charge in [0.15, 0.2) is 6.29 Å². The van der Waals surface area contributed by atoms with Gasteiger partial charge in [0.05, 0.1) is 29.7 Å². The number of benzene rings is 1. The van der Waals surface area contributed by atoms with E-state index in [2.05, 4.69) is 0 Å². The van der Waals surface area contributed by atoms with E-state index in [9.17, 15) is 24.5 Å². The lowest BCUT2D eigenvalue weighted by molar-refractivity contribution is -0.385. The Morgan fingerprint density at radius 1 is 1.18 bits per heavy atom. The molecule has 0 spiro atoms. The molecule has 1 atom stereocenters. The molecule has 4 rings (SSSR count). The van der Waals surface area contributed by atoms with Gasteiger partial charge in [-0.05, 0) is 25.3 Å². The highest BCUT2D eigenvalue weighted by Crippen LogP contribution is 2.31. The SMILES string of the molecule is O=C1c2cccc([N+](=O)[O-])c2C(=O)N1CC(=O)N1CCCCC1C1OCCO1. The first-order valence-electron chi connectivity index (χ1n) is 9.15. The Balaban J connectivity index is 1.54. The maximum Gasteiger partial charge on any atom is 0.282 e. The molecular formula is C18H19N3O7. The quantitative estimate of drug-likeness (QED) is 0.427. The van der Waals surface area contributed by atoms with Gasteiger partial charge in [-0.3, -0.25) is 29.4 Å². The van der Waals surface area contributed by atoms with E-state index >= 15 is 0 Å². The van der Waals surface area contributed by atoms with Crippen molar-refractivity contribution in [2.24, 2.45) is 0 Å². The smallest absolute Gasteiger partial charge is 0.282 e. The van der Waals surface area contributed by atoms with Crippen LogP contribution < -0.4 is 0 Å². The van der Waals surface area contributed by atoms with Crippen molar-refractivity contribution in [2.45, 2.75) is 31.6 Å². The minimum absolute atomic E-state index is 0.0512. The fourth-order valence-electron chi connectivity index (χ4n) is 3.99. The van der Waals surface area contributed by atoms with Crippen molar-refractivity contribution in [2.75, 3.05) is 26.3 Å². The number of carbonyl (C=O) groups is 3. The van der Waals surface area contributed by atoms with Crippen molar-refractivity contribution in [3.63, 3.8) is 0 Å². The van der Waals surface area contributed by atoms with Crippen LogP contribution in [0.3, 0.4) is 0 Å². The summed E-state index contributed by atoms with van der Waals surface area (Å²) in [4.78, 5) is 51.1. The van der Waals surface area contributed by atoms with Crippen molar-refractivity contribution < 1.29 is 28.8 Å². The van der Waals surface area contributed by atoms with Gasteiger partial charge in [0.2, 0.25) is 5.91 Å². The molecule has 0 radical (unpaired) electrons. The molecule has 3 aliphatic rings. The third kappa shape index (κ3) is 3.04. The maximum atomic E-state index is 12.9. The molecule has 0 saturated carbocycles. The van der Waals surface area contributed by atoms with E-state index in [-0.39, 0.29) is 17.2 Å². The van der Waals surface area contributed by atoms with E-state index in [1.807, 2.05) is 0 Å². The Bertz CT molecular complexity index is 850. The number of fused-ring (bicyclic) bond motifs is 1. The fraction of sp³-hybridized carbons (Fsp3) is 0.500. The first-order chi connectivity index (χ1) is 13.5. The van der Waals surface area contributed by atoms with E-state index in [1.54, 1.807) is 4.90 Å². The second kappa shape index (κ2) is 7.28. The topological polar surface area (TPSA) is 119 Å². The summed E-state index contributed by atoms with van der Waals surface area (Å²) < 4.78 is 11.1. The summed E-state index contributed by atoms with van der Waals surface area (Å²) in [5, 5.41) is 11.2. The highest BCUT2D eigenvalue weighted by Gasteiger charge is 2.43. The molecule has 10 nitrogen and oxygen atoms in total. The maximum absolute atomic E-state index is 12.9. The molecule has 2 saturated heterocycles. The minimum atomic E-state index is -0.817. The Morgan fingerprint density at radius 3 is 2.64 bits per heavy atom. The number of hydrogen-bond donors (Lipinski definition) is 0. The predicted octanol–water partition coefficient (Wildman–Crippen LogP) is 0.945. The third-order valence-corrected chi connectivity index (χ3v) is 5.30. The fourth-order valence-corrected chi connectivity index (χ4v) is 3.99. The predicted molar refractivity (Wildman–Crippen MR) is 93.5 cm³/mol. The highest BCUT2D eigenvalue weighted by molar-refractivity contribution is 6.24.